The van der Waals surface area contributed by atoms with Gasteiger partial charge in [-0.05, 0) is 19.8 Å². The molecule has 4 heteroatoms. The van der Waals surface area contributed by atoms with E-state index in [-0.39, 0.29) is 5.60 Å². The summed E-state index contributed by atoms with van der Waals surface area (Å²) in [6.45, 7) is 2.74. The summed E-state index contributed by atoms with van der Waals surface area (Å²) < 4.78 is 5.97. The molecule has 0 bridgehead atoms. The van der Waals surface area contributed by atoms with Crippen LogP contribution in [0.3, 0.4) is 0 Å². The van der Waals surface area contributed by atoms with Crippen LogP contribution in [-0.4, -0.2) is 16.6 Å². The van der Waals surface area contributed by atoms with Crippen LogP contribution >= 0.6 is 11.6 Å². The van der Waals surface area contributed by atoms with E-state index in [1.807, 2.05) is 19.3 Å². The molecule has 0 amide bonds. The summed E-state index contributed by atoms with van der Waals surface area (Å²) in [6, 6.07) is 0. The van der Waals surface area contributed by atoms with Crippen molar-refractivity contribution >= 4 is 11.6 Å². The van der Waals surface area contributed by atoms with Crippen molar-refractivity contribution in [1.82, 2.24) is 9.97 Å². The minimum absolute atomic E-state index is 0.252. The first-order valence-electron chi connectivity index (χ1n) is 6.32. The Morgan fingerprint density at radius 3 is 2.41 bits per heavy atom. The molecule has 0 N–H and O–H groups in total. The maximum absolute atomic E-state index is 5.97. The lowest BCUT2D eigenvalue weighted by Gasteiger charge is -2.35. The van der Waals surface area contributed by atoms with Gasteiger partial charge < -0.3 is 4.74 Å². The molecule has 17 heavy (non-hydrogen) atoms. The Bertz CT molecular complexity index is 341. The molecule has 1 fully saturated rings. The Hall–Kier alpha value is -0.670. The van der Waals surface area contributed by atoms with Gasteiger partial charge in [0.05, 0.1) is 5.88 Å². The Balaban J connectivity index is 2.24. The van der Waals surface area contributed by atoms with Crippen LogP contribution in [0.1, 0.15) is 50.4 Å². The SMILES string of the molecule is CCOC1(c2ncc(CCl)cn2)CCCCC1. The molecule has 0 atom stereocenters. The molecular formula is C13H19ClN2O. The smallest absolute Gasteiger partial charge is 0.160 e. The highest BCUT2D eigenvalue weighted by atomic mass is 35.5. The molecule has 2 rings (SSSR count). The van der Waals surface area contributed by atoms with Crippen molar-refractivity contribution in [2.45, 2.75) is 50.5 Å². The van der Waals surface area contributed by atoms with Gasteiger partial charge in [-0.25, -0.2) is 9.97 Å². The summed E-state index contributed by atoms with van der Waals surface area (Å²) in [4.78, 5) is 8.89. The first kappa shape index (κ1) is 12.8. The third kappa shape index (κ3) is 2.78. The van der Waals surface area contributed by atoms with Crippen molar-refractivity contribution in [3.8, 4) is 0 Å². The molecule has 94 valence electrons. The monoisotopic (exact) mass is 254 g/mol. The Morgan fingerprint density at radius 1 is 1.24 bits per heavy atom. The summed E-state index contributed by atoms with van der Waals surface area (Å²) in [7, 11) is 0. The van der Waals surface area contributed by atoms with Gasteiger partial charge in [0.1, 0.15) is 5.60 Å². The van der Waals surface area contributed by atoms with Gasteiger partial charge in [-0.2, -0.15) is 0 Å². The van der Waals surface area contributed by atoms with Gasteiger partial charge >= 0.3 is 0 Å². The second-order valence-corrected chi connectivity index (χ2v) is 4.80. The average molecular weight is 255 g/mol. The van der Waals surface area contributed by atoms with E-state index in [1.54, 1.807) is 0 Å². The van der Waals surface area contributed by atoms with Crippen molar-refractivity contribution in [3.05, 3.63) is 23.8 Å². The lowest BCUT2D eigenvalue weighted by Crippen LogP contribution is -2.34. The van der Waals surface area contributed by atoms with Crippen LogP contribution in [0.25, 0.3) is 0 Å². The van der Waals surface area contributed by atoms with Crippen molar-refractivity contribution in [1.29, 1.82) is 0 Å². The highest BCUT2D eigenvalue weighted by Gasteiger charge is 2.37. The van der Waals surface area contributed by atoms with Gasteiger partial charge in [-0.15, -0.1) is 11.6 Å². The van der Waals surface area contributed by atoms with E-state index in [4.69, 9.17) is 16.3 Å². The number of hydrogen-bond donors (Lipinski definition) is 0. The normalized spacial score (nSPS) is 19.2. The second-order valence-electron chi connectivity index (χ2n) is 4.54. The lowest BCUT2D eigenvalue weighted by atomic mass is 9.84. The zero-order valence-electron chi connectivity index (χ0n) is 10.3. The van der Waals surface area contributed by atoms with Crippen LogP contribution in [0.5, 0.6) is 0 Å². The summed E-state index contributed by atoms with van der Waals surface area (Å²) in [6.07, 6.45) is 9.35. The van der Waals surface area contributed by atoms with E-state index in [0.717, 1.165) is 24.2 Å². The maximum Gasteiger partial charge on any atom is 0.160 e. The molecule has 3 nitrogen and oxygen atoms in total. The van der Waals surface area contributed by atoms with E-state index >= 15 is 0 Å². The van der Waals surface area contributed by atoms with Gasteiger partial charge in [-0.1, -0.05) is 19.3 Å². The predicted molar refractivity (Wildman–Crippen MR) is 68.0 cm³/mol. The van der Waals surface area contributed by atoms with Crippen LogP contribution < -0.4 is 0 Å². The highest BCUT2D eigenvalue weighted by Crippen LogP contribution is 2.38. The zero-order valence-corrected chi connectivity index (χ0v) is 11.0. The van der Waals surface area contributed by atoms with E-state index in [0.29, 0.717) is 12.5 Å². The summed E-state index contributed by atoms with van der Waals surface area (Å²) in [5, 5.41) is 0. The summed E-state index contributed by atoms with van der Waals surface area (Å²) >= 11 is 5.75. The fourth-order valence-corrected chi connectivity index (χ4v) is 2.63. The van der Waals surface area contributed by atoms with Gasteiger partial charge in [0, 0.05) is 24.6 Å². The number of hydrogen-bond acceptors (Lipinski definition) is 3. The molecule has 0 unspecified atom stereocenters. The topological polar surface area (TPSA) is 35.0 Å². The Labute approximate surface area is 108 Å². The third-order valence-electron chi connectivity index (χ3n) is 3.35. The quantitative estimate of drug-likeness (QED) is 0.773. The number of rotatable bonds is 4. The van der Waals surface area contributed by atoms with Gasteiger partial charge in [0.15, 0.2) is 5.82 Å². The molecule has 1 heterocycles. The molecule has 0 aromatic carbocycles. The molecule has 0 spiro atoms. The fourth-order valence-electron chi connectivity index (χ4n) is 2.49. The zero-order chi connectivity index (χ0) is 12.1. The van der Waals surface area contributed by atoms with E-state index < -0.39 is 0 Å². The minimum atomic E-state index is -0.252. The molecule has 1 aliphatic rings. The van der Waals surface area contributed by atoms with Gasteiger partial charge in [0.25, 0.3) is 0 Å². The van der Waals surface area contributed by atoms with Gasteiger partial charge in [-0.3, -0.25) is 0 Å². The molecule has 1 saturated carbocycles. The molecule has 0 radical (unpaired) electrons. The first-order valence-corrected chi connectivity index (χ1v) is 6.85. The Morgan fingerprint density at radius 2 is 1.88 bits per heavy atom. The van der Waals surface area contributed by atoms with Crippen molar-refractivity contribution < 1.29 is 4.74 Å². The Kier molecular flexibility index (Phi) is 4.35. The number of alkyl halides is 1. The lowest BCUT2D eigenvalue weighted by molar-refractivity contribution is -0.0767. The van der Waals surface area contributed by atoms with Crippen LogP contribution in [0.15, 0.2) is 12.4 Å². The van der Waals surface area contributed by atoms with Crippen molar-refractivity contribution in [2.75, 3.05) is 6.61 Å². The average Bonchev–Trinajstić information content (AvgIpc) is 2.40. The largest absolute Gasteiger partial charge is 0.367 e. The van der Waals surface area contributed by atoms with Gasteiger partial charge in [0.2, 0.25) is 0 Å². The molecule has 0 saturated heterocycles. The summed E-state index contributed by atoms with van der Waals surface area (Å²) in [5.74, 6) is 1.29. The fraction of sp³-hybridized carbons (Fsp3) is 0.692. The molecule has 1 aromatic rings. The predicted octanol–water partition coefficient (Wildman–Crippen LogP) is 3.41. The van der Waals surface area contributed by atoms with E-state index in [1.165, 1.54) is 19.3 Å². The van der Waals surface area contributed by atoms with E-state index in [9.17, 15) is 0 Å². The maximum atomic E-state index is 5.97. The second kappa shape index (κ2) is 5.78. The highest BCUT2D eigenvalue weighted by molar-refractivity contribution is 6.17. The number of nitrogens with zero attached hydrogens (tertiary/aromatic N) is 2. The molecule has 1 aromatic heterocycles. The van der Waals surface area contributed by atoms with Crippen molar-refractivity contribution in [3.63, 3.8) is 0 Å². The standard InChI is InChI=1S/C13H19ClN2O/c1-2-17-13(6-4-3-5-7-13)12-15-9-11(8-14)10-16-12/h9-10H,2-8H2,1H3. The molecule has 0 aliphatic heterocycles. The first-order chi connectivity index (χ1) is 8.30. The van der Waals surface area contributed by atoms with Crippen LogP contribution in [0.2, 0.25) is 0 Å². The van der Waals surface area contributed by atoms with Crippen molar-refractivity contribution in [2.24, 2.45) is 0 Å². The number of aromatic nitrogens is 2. The third-order valence-corrected chi connectivity index (χ3v) is 3.66. The van der Waals surface area contributed by atoms with Crippen LogP contribution in [-0.2, 0) is 16.2 Å². The molecule has 1 aliphatic carbocycles. The molecular weight excluding hydrogens is 236 g/mol. The number of ether oxygens (including phenoxy) is 1. The van der Waals surface area contributed by atoms with Crippen LogP contribution in [0, 0.1) is 0 Å². The van der Waals surface area contributed by atoms with Crippen LogP contribution in [0.4, 0.5) is 0 Å². The number of halogens is 1. The summed E-state index contributed by atoms with van der Waals surface area (Å²) in [5.41, 5.74) is 0.704. The minimum Gasteiger partial charge on any atom is -0.367 e. The van der Waals surface area contributed by atoms with E-state index in [2.05, 4.69) is 9.97 Å².